The number of aryl methyl sites for hydroxylation is 2. The maximum Gasteiger partial charge on any atom is 0.259 e. The van der Waals surface area contributed by atoms with Crippen molar-refractivity contribution in [1.82, 2.24) is 34.3 Å². The van der Waals surface area contributed by atoms with Crippen molar-refractivity contribution in [1.29, 1.82) is 0 Å². The van der Waals surface area contributed by atoms with Gasteiger partial charge in [0, 0.05) is 17.9 Å². The summed E-state index contributed by atoms with van der Waals surface area (Å²) in [6.45, 7) is 5.59. The third kappa shape index (κ3) is 1.87. The molecule has 0 bridgehead atoms. The molecule has 3 aromatic rings. The van der Waals surface area contributed by atoms with Gasteiger partial charge in [0.25, 0.3) is 5.91 Å². The first-order valence-electron chi connectivity index (χ1n) is 7.11. The number of nitrogens with zero attached hydrogens (tertiary/aromatic N) is 7. The smallest absolute Gasteiger partial charge is 0.259 e. The highest BCUT2D eigenvalue weighted by Crippen LogP contribution is 2.17. The lowest BCUT2D eigenvalue weighted by Crippen LogP contribution is -2.38. The molecule has 0 saturated carbocycles. The summed E-state index contributed by atoms with van der Waals surface area (Å²) in [6, 6.07) is 1.94. The molecule has 4 heterocycles. The van der Waals surface area contributed by atoms with Gasteiger partial charge in [-0.1, -0.05) is 0 Å². The standard InChI is InChI=1S/C14H15N7O/c1-9-5-10(2)21-13(18-9)11(6-16-21)14(22)19-3-4-20-12(7-19)15-8-17-20/h5-6,8H,3-4,7H2,1-2H3. The third-order valence-corrected chi connectivity index (χ3v) is 3.91. The predicted molar refractivity (Wildman–Crippen MR) is 77.2 cm³/mol. The number of aromatic nitrogens is 6. The number of rotatable bonds is 1. The molecule has 1 aliphatic heterocycles. The Kier molecular flexibility index (Phi) is 2.72. The highest BCUT2D eigenvalue weighted by atomic mass is 16.2. The van der Waals surface area contributed by atoms with Crippen LogP contribution in [0.3, 0.4) is 0 Å². The van der Waals surface area contributed by atoms with Crippen molar-refractivity contribution in [2.24, 2.45) is 0 Å². The van der Waals surface area contributed by atoms with Gasteiger partial charge in [-0.3, -0.25) is 4.79 Å². The van der Waals surface area contributed by atoms with Crippen molar-refractivity contribution < 1.29 is 4.79 Å². The predicted octanol–water partition coefficient (Wildman–Crippen LogP) is 0.594. The molecule has 0 N–H and O–H groups in total. The Labute approximate surface area is 126 Å². The molecular weight excluding hydrogens is 282 g/mol. The summed E-state index contributed by atoms with van der Waals surface area (Å²) in [6.07, 6.45) is 3.11. The minimum atomic E-state index is -0.0678. The van der Waals surface area contributed by atoms with Gasteiger partial charge < -0.3 is 4.90 Å². The molecule has 22 heavy (non-hydrogen) atoms. The summed E-state index contributed by atoms with van der Waals surface area (Å²) >= 11 is 0. The number of hydrogen-bond donors (Lipinski definition) is 0. The molecular formula is C14H15N7O. The molecule has 0 atom stereocenters. The third-order valence-electron chi connectivity index (χ3n) is 3.91. The van der Waals surface area contributed by atoms with E-state index in [0.29, 0.717) is 30.8 Å². The van der Waals surface area contributed by atoms with Gasteiger partial charge in [-0.05, 0) is 19.9 Å². The Morgan fingerprint density at radius 3 is 2.95 bits per heavy atom. The second-order valence-corrected chi connectivity index (χ2v) is 5.46. The topological polar surface area (TPSA) is 81.2 Å². The lowest BCUT2D eigenvalue weighted by Gasteiger charge is -2.26. The van der Waals surface area contributed by atoms with E-state index < -0.39 is 0 Å². The first kappa shape index (κ1) is 12.9. The van der Waals surface area contributed by atoms with E-state index in [9.17, 15) is 4.79 Å². The summed E-state index contributed by atoms with van der Waals surface area (Å²) in [7, 11) is 0. The molecule has 1 amide bonds. The number of carbonyl (C=O) groups is 1. The van der Waals surface area contributed by atoms with Crippen LogP contribution in [0, 0.1) is 13.8 Å². The summed E-state index contributed by atoms with van der Waals surface area (Å²) in [4.78, 5) is 23.2. The Morgan fingerprint density at radius 2 is 2.09 bits per heavy atom. The maximum absolute atomic E-state index is 12.8. The Morgan fingerprint density at radius 1 is 1.23 bits per heavy atom. The number of amides is 1. The van der Waals surface area contributed by atoms with Crippen molar-refractivity contribution in [2.75, 3.05) is 6.54 Å². The Hall–Kier alpha value is -2.77. The summed E-state index contributed by atoms with van der Waals surface area (Å²) in [5.41, 5.74) is 2.96. The number of hydrogen-bond acceptors (Lipinski definition) is 5. The van der Waals surface area contributed by atoms with Gasteiger partial charge in [-0.2, -0.15) is 10.2 Å². The quantitative estimate of drug-likeness (QED) is 0.657. The first-order chi connectivity index (χ1) is 10.6. The molecule has 0 radical (unpaired) electrons. The van der Waals surface area contributed by atoms with Crippen molar-refractivity contribution in [3.63, 3.8) is 0 Å². The van der Waals surface area contributed by atoms with Crippen LogP contribution in [0.2, 0.25) is 0 Å². The van der Waals surface area contributed by atoms with Crippen LogP contribution in [0.1, 0.15) is 27.6 Å². The largest absolute Gasteiger partial charge is 0.329 e. The van der Waals surface area contributed by atoms with E-state index in [4.69, 9.17) is 0 Å². The van der Waals surface area contributed by atoms with E-state index >= 15 is 0 Å². The van der Waals surface area contributed by atoms with E-state index in [0.717, 1.165) is 17.2 Å². The number of carbonyl (C=O) groups excluding carboxylic acids is 1. The molecule has 112 valence electrons. The van der Waals surface area contributed by atoms with E-state index in [1.165, 1.54) is 6.33 Å². The molecule has 3 aromatic heterocycles. The molecule has 0 unspecified atom stereocenters. The molecule has 8 nitrogen and oxygen atoms in total. The van der Waals surface area contributed by atoms with Gasteiger partial charge in [0.2, 0.25) is 0 Å². The van der Waals surface area contributed by atoms with Gasteiger partial charge in [-0.25, -0.2) is 19.2 Å². The minimum absolute atomic E-state index is 0.0678. The van der Waals surface area contributed by atoms with Crippen LogP contribution in [0.5, 0.6) is 0 Å². The van der Waals surface area contributed by atoms with E-state index in [1.54, 1.807) is 15.6 Å². The average molecular weight is 297 g/mol. The second kappa shape index (κ2) is 4.62. The molecule has 1 aliphatic rings. The molecule has 0 aromatic carbocycles. The normalized spacial score (nSPS) is 14.4. The molecule has 0 spiro atoms. The summed E-state index contributed by atoms with van der Waals surface area (Å²) < 4.78 is 3.53. The van der Waals surface area contributed by atoms with E-state index in [1.807, 2.05) is 24.6 Å². The Balaban J connectivity index is 1.72. The first-order valence-corrected chi connectivity index (χ1v) is 7.11. The van der Waals surface area contributed by atoms with Crippen LogP contribution in [0.25, 0.3) is 5.65 Å². The lowest BCUT2D eigenvalue weighted by atomic mass is 10.2. The second-order valence-electron chi connectivity index (χ2n) is 5.46. The molecule has 0 aliphatic carbocycles. The van der Waals surface area contributed by atoms with Crippen molar-refractivity contribution in [3.8, 4) is 0 Å². The fourth-order valence-corrected chi connectivity index (χ4v) is 2.83. The van der Waals surface area contributed by atoms with Crippen LogP contribution in [-0.2, 0) is 13.1 Å². The highest BCUT2D eigenvalue weighted by molar-refractivity contribution is 5.99. The van der Waals surface area contributed by atoms with Crippen molar-refractivity contribution >= 4 is 11.6 Å². The molecule has 8 heteroatoms. The summed E-state index contributed by atoms with van der Waals surface area (Å²) in [5.74, 6) is 0.734. The van der Waals surface area contributed by atoms with Gasteiger partial charge >= 0.3 is 0 Å². The van der Waals surface area contributed by atoms with Crippen molar-refractivity contribution in [3.05, 3.63) is 41.4 Å². The van der Waals surface area contributed by atoms with Gasteiger partial charge in [0.15, 0.2) is 5.65 Å². The van der Waals surface area contributed by atoms with Crippen LogP contribution >= 0.6 is 0 Å². The van der Waals surface area contributed by atoms with Gasteiger partial charge in [0.1, 0.15) is 17.7 Å². The molecule has 4 rings (SSSR count). The van der Waals surface area contributed by atoms with Crippen LogP contribution < -0.4 is 0 Å². The molecule has 0 fully saturated rings. The van der Waals surface area contributed by atoms with E-state index in [-0.39, 0.29) is 5.91 Å². The van der Waals surface area contributed by atoms with Crippen LogP contribution in [0.15, 0.2) is 18.6 Å². The minimum Gasteiger partial charge on any atom is -0.329 e. The SMILES string of the molecule is Cc1cc(C)n2ncc(C(=O)N3CCn4ncnc4C3)c2n1. The Bertz CT molecular complexity index is 879. The summed E-state index contributed by atoms with van der Waals surface area (Å²) in [5, 5.41) is 8.41. The maximum atomic E-state index is 12.8. The fraction of sp³-hybridized carbons (Fsp3) is 0.357. The fourth-order valence-electron chi connectivity index (χ4n) is 2.83. The van der Waals surface area contributed by atoms with Gasteiger partial charge in [-0.15, -0.1) is 0 Å². The van der Waals surface area contributed by atoms with Crippen LogP contribution in [-0.4, -0.2) is 46.7 Å². The van der Waals surface area contributed by atoms with E-state index in [2.05, 4.69) is 20.2 Å². The number of fused-ring (bicyclic) bond motifs is 2. The van der Waals surface area contributed by atoms with Gasteiger partial charge in [0.05, 0.1) is 19.3 Å². The lowest BCUT2D eigenvalue weighted by molar-refractivity contribution is 0.0704. The highest BCUT2D eigenvalue weighted by Gasteiger charge is 2.26. The van der Waals surface area contributed by atoms with Crippen molar-refractivity contribution in [2.45, 2.75) is 26.9 Å². The zero-order valence-corrected chi connectivity index (χ0v) is 12.4. The zero-order chi connectivity index (χ0) is 15.3. The van der Waals surface area contributed by atoms with Crippen LogP contribution in [0.4, 0.5) is 0 Å². The average Bonchev–Trinajstić information content (AvgIpc) is 3.11. The molecule has 0 saturated heterocycles. The monoisotopic (exact) mass is 297 g/mol. The zero-order valence-electron chi connectivity index (χ0n) is 12.4.